The number of anilines is 1. The minimum Gasteiger partial charge on any atom is -0.497 e. The summed E-state index contributed by atoms with van der Waals surface area (Å²) in [6.07, 6.45) is 0.451. The summed E-state index contributed by atoms with van der Waals surface area (Å²) in [5, 5.41) is 2.67. The second-order valence-electron chi connectivity index (χ2n) is 5.30. The summed E-state index contributed by atoms with van der Waals surface area (Å²) in [5.41, 5.74) is 6.98. The molecule has 1 unspecified atom stereocenters. The average molecular weight is 327 g/mol. The SMILES string of the molecule is COc1ccc(NNC(=O)NC(Cc2ccccc2)C(C)=O)cc1. The normalized spacial score (nSPS) is 11.2. The van der Waals surface area contributed by atoms with Crippen molar-refractivity contribution in [2.45, 2.75) is 19.4 Å². The molecule has 2 amide bonds. The van der Waals surface area contributed by atoms with E-state index in [0.717, 1.165) is 11.3 Å². The number of hydrazine groups is 1. The van der Waals surface area contributed by atoms with E-state index in [9.17, 15) is 9.59 Å². The maximum Gasteiger partial charge on any atom is 0.334 e. The fraction of sp³-hybridized carbons (Fsp3) is 0.222. The van der Waals surface area contributed by atoms with Crippen LogP contribution in [0.2, 0.25) is 0 Å². The third kappa shape index (κ3) is 5.31. The third-order valence-electron chi connectivity index (χ3n) is 3.49. The van der Waals surface area contributed by atoms with Crippen LogP contribution < -0.4 is 20.9 Å². The lowest BCUT2D eigenvalue weighted by molar-refractivity contribution is -0.118. The van der Waals surface area contributed by atoms with E-state index in [1.54, 1.807) is 31.4 Å². The van der Waals surface area contributed by atoms with Crippen molar-refractivity contribution in [1.29, 1.82) is 0 Å². The molecule has 6 nitrogen and oxygen atoms in total. The first kappa shape index (κ1) is 17.3. The topological polar surface area (TPSA) is 79.5 Å². The standard InChI is InChI=1S/C18H21N3O3/c1-13(22)17(12-14-6-4-3-5-7-14)19-18(23)21-20-15-8-10-16(24-2)11-9-15/h3-11,17,20H,12H2,1-2H3,(H2,19,21,23). The van der Waals surface area contributed by atoms with E-state index in [4.69, 9.17) is 4.74 Å². The first-order valence-electron chi connectivity index (χ1n) is 7.59. The van der Waals surface area contributed by atoms with E-state index in [-0.39, 0.29) is 5.78 Å². The van der Waals surface area contributed by atoms with Crippen LogP contribution in [0.1, 0.15) is 12.5 Å². The van der Waals surface area contributed by atoms with Crippen LogP contribution in [0.5, 0.6) is 5.75 Å². The van der Waals surface area contributed by atoms with Gasteiger partial charge < -0.3 is 10.1 Å². The number of urea groups is 1. The van der Waals surface area contributed by atoms with Crippen LogP contribution in [0, 0.1) is 0 Å². The maximum atomic E-state index is 12.0. The van der Waals surface area contributed by atoms with Gasteiger partial charge in [-0.25, -0.2) is 4.79 Å². The van der Waals surface area contributed by atoms with Gasteiger partial charge in [-0.3, -0.25) is 15.6 Å². The molecule has 0 heterocycles. The second-order valence-corrected chi connectivity index (χ2v) is 5.30. The molecule has 0 aliphatic heterocycles. The number of carbonyl (C=O) groups excluding carboxylic acids is 2. The van der Waals surface area contributed by atoms with Crippen molar-refractivity contribution in [3.63, 3.8) is 0 Å². The number of hydrogen-bond donors (Lipinski definition) is 3. The predicted octanol–water partition coefficient (Wildman–Crippen LogP) is 2.52. The number of benzene rings is 2. The molecule has 0 saturated heterocycles. The highest BCUT2D eigenvalue weighted by Crippen LogP contribution is 2.14. The van der Waals surface area contributed by atoms with Crippen molar-refractivity contribution in [2.75, 3.05) is 12.5 Å². The molecule has 3 N–H and O–H groups in total. The molecule has 2 aromatic carbocycles. The van der Waals surface area contributed by atoms with Crippen molar-refractivity contribution in [2.24, 2.45) is 0 Å². The van der Waals surface area contributed by atoms with Gasteiger partial charge in [-0.1, -0.05) is 30.3 Å². The summed E-state index contributed by atoms with van der Waals surface area (Å²) in [6.45, 7) is 1.46. The van der Waals surface area contributed by atoms with E-state index in [1.807, 2.05) is 30.3 Å². The smallest absolute Gasteiger partial charge is 0.334 e. The summed E-state index contributed by atoms with van der Waals surface area (Å²) < 4.78 is 5.07. The van der Waals surface area contributed by atoms with Gasteiger partial charge in [0.15, 0.2) is 5.78 Å². The molecule has 126 valence electrons. The van der Waals surface area contributed by atoms with Crippen LogP contribution in [0.15, 0.2) is 54.6 Å². The summed E-state index contributed by atoms with van der Waals surface area (Å²) >= 11 is 0. The van der Waals surface area contributed by atoms with E-state index in [1.165, 1.54) is 6.92 Å². The molecule has 0 spiro atoms. The Morgan fingerprint density at radius 2 is 1.71 bits per heavy atom. The largest absolute Gasteiger partial charge is 0.497 e. The number of hydrogen-bond acceptors (Lipinski definition) is 4. The zero-order valence-corrected chi connectivity index (χ0v) is 13.7. The zero-order chi connectivity index (χ0) is 17.4. The Labute approximate surface area is 141 Å². The van der Waals surface area contributed by atoms with Crippen LogP contribution in [-0.2, 0) is 11.2 Å². The highest BCUT2D eigenvalue weighted by atomic mass is 16.5. The lowest BCUT2D eigenvalue weighted by Crippen LogP contribution is -2.48. The minimum absolute atomic E-state index is 0.0987. The number of Topliss-reactive ketones (excluding diaryl/α,β-unsaturated/α-hetero) is 1. The van der Waals surface area contributed by atoms with Gasteiger partial charge in [0, 0.05) is 0 Å². The number of rotatable bonds is 7. The summed E-state index contributed by atoms with van der Waals surface area (Å²) in [4.78, 5) is 23.7. The minimum atomic E-state index is -0.579. The molecule has 0 radical (unpaired) electrons. The van der Waals surface area contributed by atoms with Crippen LogP contribution in [0.4, 0.5) is 10.5 Å². The number of methoxy groups -OCH3 is 1. The van der Waals surface area contributed by atoms with Gasteiger partial charge in [-0.05, 0) is 43.2 Å². The fourth-order valence-electron chi connectivity index (χ4n) is 2.14. The Hall–Kier alpha value is -3.02. The summed E-state index contributed by atoms with van der Waals surface area (Å²) in [7, 11) is 1.59. The van der Waals surface area contributed by atoms with Crippen LogP contribution in [0.3, 0.4) is 0 Å². The molecular weight excluding hydrogens is 306 g/mol. The zero-order valence-electron chi connectivity index (χ0n) is 13.7. The quantitative estimate of drug-likeness (QED) is 0.683. The number of nitrogens with one attached hydrogen (secondary N) is 3. The first-order chi connectivity index (χ1) is 11.6. The van der Waals surface area contributed by atoms with Gasteiger partial charge >= 0.3 is 6.03 Å². The van der Waals surface area contributed by atoms with Gasteiger partial charge in [0.05, 0.1) is 18.8 Å². The van der Waals surface area contributed by atoms with Gasteiger partial charge in [0.2, 0.25) is 0 Å². The third-order valence-corrected chi connectivity index (χ3v) is 3.49. The highest BCUT2D eigenvalue weighted by Gasteiger charge is 2.17. The number of carbonyl (C=O) groups is 2. The molecule has 0 aliphatic rings. The molecule has 0 fully saturated rings. The number of amides is 2. The lowest BCUT2D eigenvalue weighted by atomic mass is 10.0. The Bertz CT molecular complexity index is 672. The molecule has 2 rings (SSSR count). The molecule has 0 aliphatic carbocycles. The van der Waals surface area contributed by atoms with Crippen molar-refractivity contribution in [3.8, 4) is 5.75 Å². The number of ketones is 1. The summed E-state index contributed by atoms with van der Waals surface area (Å²) in [6, 6.07) is 15.6. The van der Waals surface area contributed by atoms with E-state index in [2.05, 4.69) is 16.2 Å². The monoisotopic (exact) mass is 327 g/mol. The van der Waals surface area contributed by atoms with Crippen LogP contribution in [-0.4, -0.2) is 25.0 Å². The van der Waals surface area contributed by atoms with Crippen LogP contribution in [0.25, 0.3) is 0 Å². The van der Waals surface area contributed by atoms with Gasteiger partial charge in [0.25, 0.3) is 0 Å². The van der Waals surface area contributed by atoms with Crippen LogP contribution >= 0.6 is 0 Å². The molecule has 0 bridgehead atoms. The molecule has 1 atom stereocenters. The molecule has 0 saturated carbocycles. The van der Waals surface area contributed by atoms with Gasteiger partial charge in [-0.15, -0.1) is 0 Å². The first-order valence-corrected chi connectivity index (χ1v) is 7.59. The second kappa shape index (κ2) is 8.57. The predicted molar refractivity (Wildman–Crippen MR) is 92.9 cm³/mol. The van der Waals surface area contributed by atoms with Crippen molar-refractivity contribution in [3.05, 3.63) is 60.2 Å². The van der Waals surface area contributed by atoms with E-state index < -0.39 is 12.1 Å². The molecule has 24 heavy (non-hydrogen) atoms. The molecule has 6 heteroatoms. The van der Waals surface area contributed by atoms with E-state index in [0.29, 0.717) is 12.1 Å². The number of ether oxygens (including phenoxy) is 1. The van der Waals surface area contributed by atoms with E-state index >= 15 is 0 Å². The Kier molecular flexibility index (Phi) is 6.19. The van der Waals surface area contributed by atoms with Crippen molar-refractivity contribution >= 4 is 17.5 Å². The molecular formula is C18H21N3O3. The van der Waals surface area contributed by atoms with Gasteiger partial charge in [-0.2, -0.15) is 0 Å². The van der Waals surface area contributed by atoms with Gasteiger partial charge in [0.1, 0.15) is 5.75 Å². The molecule has 2 aromatic rings. The van der Waals surface area contributed by atoms with Crippen molar-refractivity contribution < 1.29 is 14.3 Å². The maximum absolute atomic E-state index is 12.0. The molecule has 0 aromatic heterocycles. The fourth-order valence-corrected chi connectivity index (χ4v) is 2.14. The van der Waals surface area contributed by atoms with Crippen molar-refractivity contribution in [1.82, 2.24) is 10.7 Å². The Morgan fingerprint density at radius 3 is 2.29 bits per heavy atom. The highest BCUT2D eigenvalue weighted by molar-refractivity contribution is 5.87. The average Bonchev–Trinajstić information content (AvgIpc) is 2.60. The Morgan fingerprint density at radius 1 is 1.04 bits per heavy atom. The lowest BCUT2D eigenvalue weighted by Gasteiger charge is -2.17. The summed E-state index contributed by atoms with van der Waals surface area (Å²) in [5.74, 6) is 0.628. The Balaban J connectivity index is 1.87.